The van der Waals surface area contributed by atoms with Crippen LogP contribution in [-0.4, -0.2) is 9.55 Å². The summed E-state index contributed by atoms with van der Waals surface area (Å²) in [6.07, 6.45) is 51.2. The second-order valence-corrected chi connectivity index (χ2v) is 14.7. The number of aromatic nitrogens is 2. The van der Waals surface area contributed by atoms with E-state index in [1.807, 2.05) is 0 Å². The number of nitrogens with zero attached hydrogens (tertiary/aromatic N) is 2. The maximum absolute atomic E-state index is 5.00. The molecule has 0 amide bonds. The van der Waals surface area contributed by atoms with Crippen LogP contribution in [0, 0.1) is 0 Å². The van der Waals surface area contributed by atoms with E-state index in [4.69, 9.17) is 4.98 Å². The zero-order chi connectivity index (χ0) is 31.8. The van der Waals surface area contributed by atoms with E-state index >= 15 is 0 Å². The number of rotatable bonds is 35. The predicted octanol–water partition coefficient (Wildman–Crippen LogP) is 15.5. The quantitative estimate of drug-likeness (QED) is 0.0695. The van der Waals surface area contributed by atoms with Crippen LogP contribution in [0.1, 0.15) is 257 Å². The van der Waals surface area contributed by atoms with Crippen molar-refractivity contribution in [3.05, 3.63) is 18.2 Å². The second-order valence-electron chi connectivity index (χ2n) is 14.7. The first kappa shape index (κ1) is 41.2. The molecule has 0 N–H and O–H groups in total. The molecule has 1 aromatic rings. The standard InChI is InChI=1S/C42H82N2/c1-5-8-11-14-16-18-20-22-23-25-27-29-31-34-37-41(36-33-30-28-26-24-21-19-17-15-12-9-6-2)42-43-38-39-44(42)40(4)35-32-13-10-7-3/h38-41H,5-37H2,1-4H3. The van der Waals surface area contributed by atoms with Crippen molar-refractivity contribution < 1.29 is 0 Å². The van der Waals surface area contributed by atoms with E-state index in [0.717, 1.165) is 0 Å². The zero-order valence-electron chi connectivity index (χ0n) is 31.0. The molecule has 1 aromatic heterocycles. The first-order valence-corrected chi connectivity index (χ1v) is 20.8. The van der Waals surface area contributed by atoms with E-state index in [1.54, 1.807) is 0 Å². The van der Waals surface area contributed by atoms with Crippen molar-refractivity contribution in [2.75, 3.05) is 0 Å². The van der Waals surface area contributed by atoms with Gasteiger partial charge in [-0.25, -0.2) is 4.98 Å². The first-order valence-electron chi connectivity index (χ1n) is 20.8. The van der Waals surface area contributed by atoms with Crippen LogP contribution in [0.3, 0.4) is 0 Å². The van der Waals surface area contributed by atoms with Gasteiger partial charge in [0.05, 0.1) is 0 Å². The molecule has 0 saturated heterocycles. The minimum Gasteiger partial charge on any atom is -0.332 e. The van der Waals surface area contributed by atoms with Crippen molar-refractivity contribution in [3.63, 3.8) is 0 Å². The van der Waals surface area contributed by atoms with E-state index < -0.39 is 0 Å². The van der Waals surface area contributed by atoms with Gasteiger partial charge in [-0.2, -0.15) is 0 Å². The maximum Gasteiger partial charge on any atom is 0.111 e. The first-order chi connectivity index (χ1) is 21.7. The van der Waals surface area contributed by atoms with Gasteiger partial charge >= 0.3 is 0 Å². The summed E-state index contributed by atoms with van der Waals surface area (Å²) in [4.78, 5) is 5.00. The third-order valence-corrected chi connectivity index (χ3v) is 10.3. The Labute approximate surface area is 278 Å². The number of imidazole rings is 1. The minimum absolute atomic E-state index is 0.588. The van der Waals surface area contributed by atoms with Crippen LogP contribution in [0.15, 0.2) is 12.4 Å². The van der Waals surface area contributed by atoms with Gasteiger partial charge in [0.1, 0.15) is 5.82 Å². The van der Waals surface area contributed by atoms with Gasteiger partial charge in [-0.15, -0.1) is 0 Å². The average Bonchev–Trinajstić information content (AvgIpc) is 3.53. The molecule has 2 atom stereocenters. The van der Waals surface area contributed by atoms with Crippen LogP contribution in [0.2, 0.25) is 0 Å². The molecule has 0 aliphatic rings. The summed E-state index contributed by atoms with van der Waals surface area (Å²) >= 11 is 0. The molecule has 260 valence electrons. The topological polar surface area (TPSA) is 17.8 Å². The van der Waals surface area contributed by atoms with E-state index in [9.17, 15) is 0 Å². The fourth-order valence-corrected chi connectivity index (χ4v) is 7.24. The van der Waals surface area contributed by atoms with Gasteiger partial charge in [0, 0.05) is 24.4 Å². The highest BCUT2D eigenvalue weighted by Gasteiger charge is 2.19. The second kappa shape index (κ2) is 32.2. The number of hydrogen-bond acceptors (Lipinski definition) is 1. The van der Waals surface area contributed by atoms with Gasteiger partial charge in [-0.1, -0.05) is 213 Å². The molecule has 0 radical (unpaired) electrons. The van der Waals surface area contributed by atoms with Crippen molar-refractivity contribution >= 4 is 0 Å². The average molecular weight is 615 g/mol. The Morgan fingerprint density at radius 3 is 1.09 bits per heavy atom. The largest absolute Gasteiger partial charge is 0.332 e. The third kappa shape index (κ3) is 23.5. The lowest BCUT2D eigenvalue weighted by atomic mass is 9.92. The number of unbranched alkanes of at least 4 members (excludes halogenated alkanes) is 27. The Kier molecular flexibility index (Phi) is 30.1. The zero-order valence-corrected chi connectivity index (χ0v) is 31.0. The molecule has 0 aromatic carbocycles. The molecule has 0 saturated carbocycles. The highest BCUT2D eigenvalue weighted by molar-refractivity contribution is 5.02. The van der Waals surface area contributed by atoms with Crippen LogP contribution < -0.4 is 0 Å². The molecule has 2 heteroatoms. The fraction of sp³-hybridized carbons (Fsp3) is 0.929. The van der Waals surface area contributed by atoms with E-state index in [0.29, 0.717) is 12.0 Å². The van der Waals surface area contributed by atoms with Gasteiger partial charge in [0.2, 0.25) is 0 Å². The van der Waals surface area contributed by atoms with Crippen molar-refractivity contribution in [3.8, 4) is 0 Å². The molecule has 44 heavy (non-hydrogen) atoms. The van der Waals surface area contributed by atoms with Crippen molar-refractivity contribution in [1.29, 1.82) is 0 Å². The van der Waals surface area contributed by atoms with E-state index in [2.05, 4.69) is 44.7 Å². The Bertz CT molecular complexity index is 679. The monoisotopic (exact) mass is 615 g/mol. The Morgan fingerprint density at radius 2 is 0.727 bits per heavy atom. The molecule has 0 aliphatic heterocycles. The molecule has 2 unspecified atom stereocenters. The van der Waals surface area contributed by atoms with Gasteiger partial charge in [-0.3, -0.25) is 0 Å². The third-order valence-electron chi connectivity index (χ3n) is 10.3. The summed E-state index contributed by atoms with van der Waals surface area (Å²) in [6.45, 7) is 9.37. The molecule has 1 rings (SSSR count). The lowest BCUT2D eigenvalue weighted by Crippen LogP contribution is -2.13. The highest BCUT2D eigenvalue weighted by atomic mass is 15.1. The maximum atomic E-state index is 5.00. The smallest absolute Gasteiger partial charge is 0.111 e. The van der Waals surface area contributed by atoms with Crippen LogP contribution >= 0.6 is 0 Å². The molecular weight excluding hydrogens is 532 g/mol. The van der Waals surface area contributed by atoms with Gasteiger partial charge in [0.15, 0.2) is 0 Å². The van der Waals surface area contributed by atoms with E-state index in [-0.39, 0.29) is 0 Å². The Balaban J connectivity index is 2.33. The number of hydrogen-bond donors (Lipinski definition) is 0. The Morgan fingerprint density at radius 1 is 0.432 bits per heavy atom. The normalized spacial score (nSPS) is 13.1. The molecular formula is C42H82N2. The van der Waals surface area contributed by atoms with Crippen LogP contribution in [0.25, 0.3) is 0 Å². The molecule has 0 fully saturated rings. The summed E-state index contributed by atoms with van der Waals surface area (Å²) in [7, 11) is 0. The summed E-state index contributed by atoms with van der Waals surface area (Å²) in [6, 6.07) is 0.588. The fourth-order valence-electron chi connectivity index (χ4n) is 7.24. The molecule has 2 nitrogen and oxygen atoms in total. The highest BCUT2D eigenvalue weighted by Crippen LogP contribution is 2.31. The van der Waals surface area contributed by atoms with Crippen LogP contribution in [-0.2, 0) is 0 Å². The molecule has 1 heterocycles. The van der Waals surface area contributed by atoms with E-state index in [1.165, 1.54) is 218 Å². The summed E-state index contributed by atoms with van der Waals surface area (Å²) in [5, 5.41) is 0. The molecule has 0 aliphatic carbocycles. The summed E-state index contributed by atoms with van der Waals surface area (Å²) in [5.74, 6) is 2.06. The predicted molar refractivity (Wildman–Crippen MR) is 199 cm³/mol. The van der Waals surface area contributed by atoms with Crippen molar-refractivity contribution in [1.82, 2.24) is 9.55 Å². The van der Waals surface area contributed by atoms with Crippen molar-refractivity contribution in [2.45, 2.75) is 252 Å². The van der Waals surface area contributed by atoms with Gasteiger partial charge in [0.25, 0.3) is 0 Å². The van der Waals surface area contributed by atoms with Crippen molar-refractivity contribution in [2.24, 2.45) is 0 Å². The van der Waals surface area contributed by atoms with Crippen LogP contribution in [0.5, 0.6) is 0 Å². The van der Waals surface area contributed by atoms with Crippen LogP contribution in [0.4, 0.5) is 0 Å². The van der Waals surface area contributed by atoms with Gasteiger partial charge in [-0.05, 0) is 26.2 Å². The Hall–Kier alpha value is -0.790. The molecule has 0 spiro atoms. The lowest BCUT2D eigenvalue weighted by Gasteiger charge is -2.22. The van der Waals surface area contributed by atoms with Gasteiger partial charge < -0.3 is 4.57 Å². The summed E-state index contributed by atoms with van der Waals surface area (Å²) < 4.78 is 2.57. The summed E-state index contributed by atoms with van der Waals surface area (Å²) in [5.41, 5.74) is 0. The molecule has 0 bridgehead atoms. The minimum atomic E-state index is 0.588. The lowest BCUT2D eigenvalue weighted by molar-refractivity contribution is 0.413. The SMILES string of the molecule is CCCCCCCCCCCCCCCCC(CCCCCCCCCCCCCC)c1nccn1C(C)CCCCCC.